The van der Waals surface area contributed by atoms with Gasteiger partial charge in [0.25, 0.3) is 0 Å². The van der Waals surface area contributed by atoms with Gasteiger partial charge in [-0.15, -0.1) is 11.3 Å². The lowest BCUT2D eigenvalue weighted by molar-refractivity contribution is -0.141. The van der Waals surface area contributed by atoms with Gasteiger partial charge >= 0.3 is 6.18 Å². The van der Waals surface area contributed by atoms with Crippen LogP contribution in [-0.4, -0.2) is 15.0 Å². The zero-order valence-electron chi connectivity index (χ0n) is 11.2. The number of aryl methyl sites for hydroxylation is 1. The van der Waals surface area contributed by atoms with Gasteiger partial charge in [0.1, 0.15) is 10.8 Å². The molecule has 6 nitrogen and oxygen atoms in total. The number of hydrogen-bond donors (Lipinski definition) is 3. The van der Waals surface area contributed by atoms with Gasteiger partial charge in [-0.25, -0.2) is 15.8 Å². The summed E-state index contributed by atoms with van der Waals surface area (Å²) in [5.41, 5.74) is 1.80. The molecular formula is C11H13F3N6S. The minimum absolute atomic E-state index is 0.0191. The van der Waals surface area contributed by atoms with Crippen molar-refractivity contribution >= 4 is 23.1 Å². The first-order valence-corrected chi connectivity index (χ1v) is 6.79. The highest BCUT2D eigenvalue weighted by atomic mass is 32.1. The average Bonchev–Trinajstić information content (AvgIpc) is 2.84. The van der Waals surface area contributed by atoms with Crippen LogP contribution in [0, 0.1) is 6.92 Å². The summed E-state index contributed by atoms with van der Waals surface area (Å²) in [5.74, 6) is 4.80. The van der Waals surface area contributed by atoms with Crippen LogP contribution in [0.25, 0.3) is 0 Å². The maximum Gasteiger partial charge on any atom is 0.433 e. The molecule has 1 atom stereocenters. The van der Waals surface area contributed by atoms with Gasteiger partial charge in [0.2, 0.25) is 5.95 Å². The first-order valence-electron chi connectivity index (χ1n) is 5.91. The highest BCUT2D eigenvalue weighted by molar-refractivity contribution is 7.09. The fraction of sp³-hybridized carbons (Fsp3) is 0.364. The molecule has 0 radical (unpaired) electrons. The van der Waals surface area contributed by atoms with E-state index in [-0.39, 0.29) is 17.8 Å². The van der Waals surface area contributed by atoms with Gasteiger partial charge in [0.05, 0.1) is 6.04 Å². The summed E-state index contributed by atoms with van der Waals surface area (Å²) in [5, 5.41) is 5.47. The third-order valence-corrected chi connectivity index (χ3v) is 3.66. The van der Waals surface area contributed by atoms with E-state index < -0.39 is 11.9 Å². The van der Waals surface area contributed by atoms with Crippen molar-refractivity contribution in [2.75, 3.05) is 10.7 Å². The lowest BCUT2D eigenvalue weighted by Gasteiger charge is -2.14. The van der Waals surface area contributed by atoms with E-state index in [1.165, 1.54) is 11.3 Å². The van der Waals surface area contributed by atoms with E-state index in [4.69, 9.17) is 5.84 Å². The first kappa shape index (κ1) is 15.4. The number of nitrogens with zero attached hydrogens (tertiary/aromatic N) is 3. The number of thiazole rings is 1. The molecule has 0 aliphatic rings. The molecule has 0 saturated heterocycles. The molecule has 2 rings (SSSR count). The Bertz CT molecular complexity index is 627. The van der Waals surface area contributed by atoms with Crippen molar-refractivity contribution in [2.45, 2.75) is 26.1 Å². The maximum absolute atomic E-state index is 12.8. The fourth-order valence-corrected chi connectivity index (χ4v) is 2.39. The topological polar surface area (TPSA) is 88.8 Å². The number of aromatic nitrogens is 3. The quantitative estimate of drug-likeness (QED) is 0.593. The van der Waals surface area contributed by atoms with E-state index in [9.17, 15) is 13.2 Å². The molecule has 114 valence electrons. The van der Waals surface area contributed by atoms with E-state index in [0.29, 0.717) is 0 Å². The predicted octanol–water partition coefficient (Wildman–Crippen LogP) is 2.72. The van der Waals surface area contributed by atoms with E-state index in [2.05, 4.69) is 20.3 Å². The van der Waals surface area contributed by atoms with E-state index in [0.717, 1.165) is 16.8 Å². The van der Waals surface area contributed by atoms with Gasteiger partial charge < -0.3 is 5.32 Å². The van der Waals surface area contributed by atoms with E-state index >= 15 is 0 Å². The Labute approximate surface area is 122 Å². The smallest absolute Gasteiger partial charge is 0.361 e. The van der Waals surface area contributed by atoms with Gasteiger partial charge in [0, 0.05) is 17.1 Å². The van der Waals surface area contributed by atoms with Crippen molar-refractivity contribution in [3.63, 3.8) is 0 Å². The molecule has 2 aromatic rings. The largest absolute Gasteiger partial charge is 0.433 e. The van der Waals surface area contributed by atoms with Gasteiger partial charge in [-0.2, -0.15) is 18.2 Å². The average molecular weight is 318 g/mol. The molecule has 2 heterocycles. The van der Waals surface area contributed by atoms with Crippen molar-refractivity contribution < 1.29 is 13.2 Å². The molecule has 4 N–H and O–H groups in total. The zero-order valence-corrected chi connectivity index (χ0v) is 12.0. The Balaban J connectivity index is 2.27. The molecular weight excluding hydrogens is 305 g/mol. The standard InChI is InChI=1S/C11H13F3N6S/c1-5-4-21-9(16-5)6(2)17-8-3-7(11(12,13)14)18-10(19-8)20-15/h3-4,6H,15H2,1-2H3,(H2,17,18,19,20). The van der Waals surface area contributed by atoms with Gasteiger partial charge in [-0.05, 0) is 13.8 Å². The van der Waals surface area contributed by atoms with Crippen molar-refractivity contribution in [1.29, 1.82) is 0 Å². The minimum Gasteiger partial charge on any atom is -0.361 e. The Morgan fingerprint density at radius 3 is 2.52 bits per heavy atom. The van der Waals surface area contributed by atoms with Crippen LogP contribution in [0.5, 0.6) is 0 Å². The van der Waals surface area contributed by atoms with Crippen molar-refractivity contribution in [1.82, 2.24) is 15.0 Å². The molecule has 0 aliphatic heterocycles. The molecule has 1 unspecified atom stereocenters. The Hall–Kier alpha value is -1.94. The number of hydrogen-bond acceptors (Lipinski definition) is 7. The molecule has 0 bridgehead atoms. The molecule has 0 saturated carbocycles. The highest BCUT2D eigenvalue weighted by Crippen LogP contribution is 2.30. The van der Waals surface area contributed by atoms with Gasteiger partial charge in [-0.3, -0.25) is 5.43 Å². The van der Waals surface area contributed by atoms with Crippen LogP contribution in [0.4, 0.5) is 24.9 Å². The molecule has 21 heavy (non-hydrogen) atoms. The normalized spacial score (nSPS) is 13.0. The van der Waals surface area contributed by atoms with Gasteiger partial charge in [0.15, 0.2) is 5.69 Å². The van der Waals surface area contributed by atoms with Gasteiger partial charge in [-0.1, -0.05) is 0 Å². The second-order valence-corrected chi connectivity index (χ2v) is 5.19. The SMILES string of the molecule is Cc1csc(C(C)Nc2cc(C(F)(F)F)nc(NN)n2)n1. The molecule has 0 spiro atoms. The van der Waals surface area contributed by atoms with Crippen LogP contribution in [0.3, 0.4) is 0 Å². The van der Waals surface area contributed by atoms with Crippen LogP contribution >= 0.6 is 11.3 Å². The van der Waals surface area contributed by atoms with E-state index in [1.807, 2.05) is 17.7 Å². The number of nitrogens with one attached hydrogen (secondary N) is 2. The van der Waals surface area contributed by atoms with Crippen molar-refractivity contribution in [3.8, 4) is 0 Å². The van der Waals surface area contributed by atoms with Crippen LogP contribution in [0.2, 0.25) is 0 Å². The summed E-state index contributed by atoms with van der Waals surface area (Å²) in [7, 11) is 0. The molecule has 0 aromatic carbocycles. The first-order chi connectivity index (χ1) is 9.79. The number of anilines is 2. The number of alkyl halides is 3. The highest BCUT2D eigenvalue weighted by Gasteiger charge is 2.33. The fourth-order valence-electron chi connectivity index (χ4n) is 1.59. The monoisotopic (exact) mass is 318 g/mol. The summed E-state index contributed by atoms with van der Waals surface area (Å²) in [6, 6.07) is 0.544. The number of halogens is 3. The van der Waals surface area contributed by atoms with Crippen molar-refractivity contribution in [3.05, 3.63) is 27.8 Å². The lowest BCUT2D eigenvalue weighted by Crippen LogP contribution is -2.17. The Kier molecular flexibility index (Phi) is 4.28. The second-order valence-electron chi connectivity index (χ2n) is 4.30. The minimum atomic E-state index is -4.58. The Morgan fingerprint density at radius 1 is 1.29 bits per heavy atom. The van der Waals surface area contributed by atoms with Crippen LogP contribution in [0.15, 0.2) is 11.4 Å². The third-order valence-electron chi connectivity index (χ3n) is 2.52. The Morgan fingerprint density at radius 2 is 2.00 bits per heavy atom. The lowest BCUT2D eigenvalue weighted by atomic mass is 10.3. The van der Waals surface area contributed by atoms with Crippen LogP contribution in [-0.2, 0) is 6.18 Å². The second kappa shape index (κ2) is 5.82. The molecule has 10 heteroatoms. The third kappa shape index (κ3) is 3.79. The summed E-state index contributed by atoms with van der Waals surface area (Å²) in [6.07, 6.45) is -4.58. The number of nitrogen functional groups attached to an aromatic ring is 1. The maximum atomic E-state index is 12.8. The van der Waals surface area contributed by atoms with Crippen molar-refractivity contribution in [2.24, 2.45) is 5.84 Å². The molecule has 0 fully saturated rings. The summed E-state index contributed by atoms with van der Waals surface area (Å²) >= 11 is 1.42. The zero-order chi connectivity index (χ0) is 15.6. The summed E-state index contributed by atoms with van der Waals surface area (Å²) in [4.78, 5) is 11.4. The molecule has 0 aliphatic carbocycles. The number of rotatable bonds is 4. The summed E-state index contributed by atoms with van der Waals surface area (Å²) < 4.78 is 38.3. The molecule has 0 amide bonds. The molecule has 2 aromatic heterocycles. The van der Waals surface area contributed by atoms with E-state index in [1.54, 1.807) is 6.92 Å². The summed E-state index contributed by atoms with van der Waals surface area (Å²) in [6.45, 7) is 3.62. The van der Waals surface area contributed by atoms with Crippen LogP contribution < -0.4 is 16.6 Å². The van der Waals surface area contributed by atoms with Crippen LogP contribution in [0.1, 0.15) is 29.4 Å². The number of nitrogens with two attached hydrogens (primary N) is 1. The predicted molar refractivity (Wildman–Crippen MR) is 73.7 cm³/mol. The number of hydrazine groups is 1.